The van der Waals surface area contributed by atoms with Gasteiger partial charge in [-0.1, -0.05) is 24.3 Å². The molecule has 1 aliphatic heterocycles. The van der Waals surface area contributed by atoms with E-state index < -0.39 is 0 Å². The van der Waals surface area contributed by atoms with Crippen LogP contribution in [0.2, 0.25) is 0 Å². The molecule has 2 aromatic carbocycles. The zero-order chi connectivity index (χ0) is 22.5. The van der Waals surface area contributed by atoms with E-state index in [1.807, 2.05) is 12.3 Å². The monoisotopic (exact) mass is 433 g/mol. The number of hydrogen-bond donors (Lipinski definition) is 1. The maximum atomic E-state index is 5.97. The summed E-state index contributed by atoms with van der Waals surface area (Å²) in [6.07, 6.45) is 4.37. The van der Waals surface area contributed by atoms with E-state index >= 15 is 0 Å². The standard InChI is InChI=1S/C27H35N3O2/c1-19(2)31-24-15-21(16-25(17-24)32-20(3)4)18-30-13-10-23(11-14-30)29-27-26-8-6-5-7-22(26)9-12-28-27/h5-9,12,15-17,19-20,23H,10-11,13-14,18H2,1-4H3,(H,28,29). The van der Waals surface area contributed by atoms with Crippen molar-refractivity contribution in [2.24, 2.45) is 0 Å². The molecule has 1 fully saturated rings. The smallest absolute Gasteiger partial charge is 0.134 e. The maximum absolute atomic E-state index is 5.97. The fourth-order valence-corrected chi connectivity index (χ4v) is 4.32. The van der Waals surface area contributed by atoms with Crippen LogP contribution < -0.4 is 14.8 Å². The number of ether oxygens (including phenoxy) is 2. The van der Waals surface area contributed by atoms with Gasteiger partial charge in [0.15, 0.2) is 0 Å². The van der Waals surface area contributed by atoms with Crippen LogP contribution in [-0.4, -0.2) is 41.2 Å². The van der Waals surface area contributed by atoms with Crippen LogP contribution in [0.5, 0.6) is 11.5 Å². The largest absolute Gasteiger partial charge is 0.491 e. The van der Waals surface area contributed by atoms with Gasteiger partial charge in [0, 0.05) is 43.3 Å². The average molecular weight is 434 g/mol. The van der Waals surface area contributed by atoms with Crippen LogP contribution in [-0.2, 0) is 6.54 Å². The molecular weight excluding hydrogens is 398 g/mol. The molecule has 5 heteroatoms. The third-order valence-corrected chi connectivity index (χ3v) is 5.69. The van der Waals surface area contributed by atoms with E-state index in [0.717, 1.165) is 49.8 Å². The fraction of sp³-hybridized carbons (Fsp3) is 0.444. The summed E-state index contributed by atoms with van der Waals surface area (Å²) in [5, 5.41) is 6.11. The number of piperidine rings is 1. The molecule has 1 aliphatic rings. The van der Waals surface area contributed by atoms with Gasteiger partial charge in [0.2, 0.25) is 0 Å². The maximum Gasteiger partial charge on any atom is 0.134 e. The SMILES string of the molecule is CC(C)Oc1cc(CN2CCC(Nc3nccc4ccccc34)CC2)cc(OC(C)C)c1. The Morgan fingerprint density at radius 3 is 2.25 bits per heavy atom. The van der Waals surface area contributed by atoms with Crippen molar-refractivity contribution >= 4 is 16.6 Å². The molecule has 0 spiro atoms. The molecule has 0 radical (unpaired) electrons. The van der Waals surface area contributed by atoms with Gasteiger partial charge in [-0.15, -0.1) is 0 Å². The number of likely N-dealkylation sites (tertiary alicyclic amines) is 1. The van der Waals surface area contributed by atoms with E-state index in [1.54, 1.807) is 0 Å². The molecule has 0 aliphatic carbocycles. The van der Waals surface area contributed by atoms with Gasteiger partial charge in [0.1, 0.15) is 17.3 Å². The highest BCUT2D eigenvalue weighted by atomic mass is 16.5. The summed E-state index contributed by atoms with van der Waals surface area (Å²) in [4.78, 5) is 7.12. The molecule has 1 N–H and O–H groups in total. The number of fused-ring (bicyclic) bond motifs is 1. The van der Waals surface area contributed by atoms with Crippen LogP contribution in [0.4, 0.5) is 5.82 Å². The van der Waals surface area contributed by atoms with Gasteiger partial charge in [0.05, 0.1) is 12.2 Å². The zero-order valence-electron chi connectivity index (χ0n) is 19.7. The van der Waals surface area contributed by atoms with Crippen molar-refractivity contribution < 1.29 is 9.47 Å². The van der Waals surface area contributed by atoms with Crippen LogP contribution in [0, 0.1) is 0 Å². The number of benzene rings is 2. The highest BCUT2D eigenvalue weighted by Gasteiger charge is 2.20. The first-order valence-electron chi connectivity index (χ1n) is 11.8. The predicted molar refractivity (Wildman–Crippen MR) is 132 cm³/mol. The summed E-state index contributed by atoms with van der Waals surface area (Å²) in [7, 11) is 0. The average Bonchev–Trinajstić information content (AvgIpc) is 2.74. The molecular formula is C27H35N3O2. The second-order valence-corrected chi connectivity index (χ2v) is 9.22. The van der Waals surface area contributed by atoms with Crippen molar-refractivity contribution in [1.82, 2.24) is 9.88 Å². The van der Waals surface area contributed by atoms with Crippen molar-refractivity contribution in [2.75, 3.05) is 18.4 Å². The summed E-state index contributed by atoms with van der Waals surface area (Å²) in [6, 6.07) is 17.2. The summed E-state index contributed by atoms with van der Waals surface area (Å²) < 4.78 is 11.9. The normalized spacial score (nSPS) is 15.4. The Hall–Kier alpha value is -2.79. The van der Waals surface area contributed by atoms with Crippen molar-refractivity contribution in [1.29, 1.82) is 0 Å². The van der Waals surface area contributed by atoms with Crippen LogP contribution >= 0.6 is 0 Å². The van der Waals surface area contributed by atoms with Gasteiger partial charge in [-0.05, 0) is 69.7 Å². The number of anilines is 1. The number of rotatable bonds is 8. The quantitative estimate of drug-likeness (QED) is 0.480. The summed E-state index contributed by atoms with van der Waals surface area (Å²) in [6.45, 7) is 11.2. The minimum absolute atomic E-state index is 0.140. The minimum Gasteiger partial charge on any atom is -0.491 e. The number of hydrogen-bond acceptors (Lipinski definition) is 5. The topological polar surface area (TPSA) is 46.6 Å². The Morgan fingerprint density at radius 2 is 1.59 bits per heavy atom. The molecule has 5 nitrogen and oxygen atoms in total. The lowest BCUT2D eigenvalue weighted by Gasteiger charge is -2.33. The first-order chi connectivity index (χ1) is 15.5. The lowest BCUT2D eigenvalue weighted by molar-refractivity contribution is 0.207. The molecule has 0 saturated carbocycles. The molecule has 170 valence electrons. The van der Waals surface area contributed by atoms with E-state index in [9.17, 15) is 0 Å². The van der Waals surface area contributed by atoms with Gasteiger partial charge < -0.3 is 14.8 Å². The molecule has 4 rings (SSSR count). The van der Waals surface area contributed by atoms with Crippen molar-refractivity contribution in [3.63, 3.8) is 0 Å². The highest BCUT2D eigenvalue weighted by molar-refractivity contribution is 5.91. The van der Waals surface area contributed by atoms with Gasteiger partial charge in [0.25, 0.3) is 0 Å². The van der Waals surface area contributed by atoms with Gasteiger partial charge in [-0.3, -0.25) is 4.90 Å². The van der Waals surface area contributed by atoms with Crippen molar-refractivity contribution in [3.05, 3.63) is 60.3 Å². The first-order valence-corrected chi connectivity index (χ1v) is 11.8. The molecule has 0 bridgehead atoms. The van der Waals surface area contributed by atoms with E-state index in [1.165, 1.54) is 16.3 Å². The molecule has 1 saturated heterocycles. The molecule has 0 amide bonds. The predicted octanol–water partition coefficient (Wildman–Crippen LogP) is 5.89. The van der Waals surface area contributed by atoms with E-state index in [-0.39, 0.29) is 12.2 Å². The van der Waals surface area contributed by atoms with E-state index in [4.69, 9.17) is 9.47 Å². The summed E-state index contributed by atoms with van der Waals surface area (Å²) in [5.41, 5.74) is 1.24. The first kappa shape index (κ1) is 22.4. The Kier molecular flexibility index (Phi) is 7.15. The molecule has 32 heavy (non-hydrogen) atoms. The van der Waals surface area contributed by atoms with Gasteiger partial charge in [-0.2, -0.15) is 0 Å². The summed E-state index contributed by atoms with van der Waals surface area (Å²) in [5.74, 6) is 2.76. The Bertz CT molecular complexity index is 993. The molecule has 0 unspecified atom stereocenters. The zero-order valence-corrected chi connectivity index (χ0v) is 19.7. The Morgan fingerprint density at radius 1 is 0.938 bits per heavy atom. The lowest BCUT2D eigenvalue weighted by atomic mass is 10.0. The van der Waals surface area contributed by atoms with Crippen molar-refractivity contribution in [2.45, 2.75) is 65.3 Å². The van der Waals surface area contributed by atoms with Crippen LogP contribution in [0.1, 0.15) is 46.1 Å². The second kappa shape index (κ2) is 10.2. The van der Waals surface area contributed by atoms with E-state index in [2.05, 4.69) is 85.4 Å². The Labute approximate surface area is 191 Å². The molecule has 0 atom stereocenters. The number of nitrogens with one attached hydrogen (secondary N) is 1. The fourth-order valence-electron chi connectivity index (χ4n) is 4.32. The van der Waals surface area contributed by atoms with Gasteiger partial charge in [-0.25, -0.2) is 4.98 Å². The Balaban J connectivity index is 1.38. The number of pyridine rings is 1. The molecule has 1 aromatic heterocycles. The number of nitrogens with zero attached hydrogens (tertiary/aromatic N) is 2. The van der Waals surface area contributed by atoms with Gasteiger partial charge >= 0.3 is 0 Å². The van der Waals surface area contributed by atoms with Crippen LogP contribution in [0.25, 0.3) is 10.8 Å². The minimum atomic E-state index is 0.140. The third kappa shape index (κ3) is 5.92. The molecule has 2 heterocycles. The summed E-state index contributed by atoms with van der Waals surface area (Å²) >= 11 is 0. The molecule has 3 aromatic rings. The number of aromatic nitrogens is 1. The lowest BCUT2D eigenvalue weighted by Crippen LogP contribution is -2.38. The second-order valence-electron chi connectivity index (χ2n) is 9.22. The van der Waals surface area contributed by atoms with Crippen LogP contribution in [0.3, 0.4) is 0 Å². The highest BCUT2D eigenvalue weighted by Crippen LogP contribution is 2.27. The van der Waals surface area contributed by atoms with Crippen molar-refractivity contribution in [3.8, 4) is 11.5 Å². The van der Waals surface area contributed by atoms with Crippen LogP contribution in [0.15, 0.2) is 54.7 Å². The third-order valence-electron chi connectivity index (χ3n) is 5.69. The van der Waals surface area contributed by atoms with E-state index in [0.29, 0.717) is 6.04 Å².